The molecule has 0 radical (unpaired) electrons. The molecule has 31 heavy (non-hydrogen) atoms. The number of esters is 1. The molecular weight excluding hydrogens is 436 g/mol. The van der Waals surface area contributed by atoms with Crippen LogP contribution in [-0.4, -0.2) is 48.8 Å². The number of thioether (sulfide) groups is 1. The van der Waals surface area contributed by atoms with Crippen molar-refractivity contribution in [3.05, 3.63) is 27.8 Å². The van der Waals surface area contributed by atoms with E-state index >= 15 is 0 Å². The lowest BCUT2D eigenvalue weighted by Crippen LogP contribution is -2.17. The van der Waals surface area contributed by atoms with Gasteiger partial charge in [0.2, 0.25) is 5.91 Å². The topological polar surface area (TPSA) is 104 Å². The number of amides is 1. The van der Waals surface area contributed by atoms with E-state index in [0.29, 0.717) is 28.1 Å². The fourth-order valence-electron chi connectivity index (χ4n) is 3.00. The molecule has 3 aromatic heterocycles. The Morgan fingerprint density at radius 2 is 1.97 bits per heavy atom. The molecule has 3 rings (SSSR count). The summed E-state index contributed by atoms with van der Waals surface area (Å²) in [6, 6.07) is 1.95. The first-order chi connectivity index (χ1) is 14.8. The van der Waals surface area contributed by atoms with Gasteiger partial charge in [-0.05, 0) is 46.2 Å². The van der Waals surface area contributed by atoms with Crippen LogP contribution in [0.3, 0.4) is 0 Å². The van der Waals surface area contributed by atoms with Crippen LogP contribution in [-0.2, 0) is 23.1 Å². The van der Waals surface area contributed by atoms with Gasteiger partial charge in [0.15, 0.2) is 11.0 Å². The zero-order valence-corrected chi connectivity index (χ0v) is 20.1. The van der Waals surface area contributed by atoms with Crippen LogP contribution >= 0.6 is 23.1 Å². The van der Waals surface area contributed by atoms with Crippen molar-refractivity contribution in [3.8, 4) is 11.5 Å². The van der Waals surface area contributed by atoms with E-state index in [4.69, 9.17) is 4.74 Å². The van der Waals surface area contributed by atoms with Crippen molar-refractivity contribution in [3.63, 3.8) is 0 Å². The molecule has 0 aromatic carbocycles. The molecule has 0 aliphatic heterocycles. The zero-order chi connectivity index (χ0) is 22.7. The lowest BCUT2D eigenvalue weighted by molar-refractivity contribution is -0.113. The normalized spacial score (nSPS) is 11.0. The minimum Gasteiger partial charge on any atom is -0.462 e. The summed E-state index contributed by atoms with van der Waals surface area (Å²) in [4.78, 5) is 25.9. The maximum Gasteiger partial charge on any atom is 0.341 e. The highest BCUT2D eigenvalue weighted by molar-refractivity contribution is 7.99. The maximum absolute atomic E-state index is 12.6. The Labute approximate surface area is 189 Å². The first-order valence-electron chi connectivity index (χ1n) is 9.90. The Morgan fingerprint density at radius 1 is 1.23 bits per heavy atom. The van der Waals surface area contributed by atoms with Gasteiger partial charge in [-0.25, -0.2) is 4.79 Å². The van der Waals surface area contributed by atoms with E-state index < -0.39 is 5.97 Å². The molecule has 0 aliphatic rings. The molecule has 0 atom stereocenters. The monoisotopic (exact) mass is 462 g/mol. The van der Waals surface area contributed by atoms with E-state index in [1.54, 1.807) is 11.6 Å². The highest BCUT2D eigenvalue weighted by Crippen LogP contribution is 2.33. The predicted octanol–water partition coefficient (Wildman–Crippen LogP) is 3.59. The van der Waals surface area contributed by atoms with Gasteiger partial charge in [0.1, 0.15) is 10.7 Å². The van der Waals surface area contributed by atoms with Crippen molar-refractivity contribution in [1.29, 1.82) is 0 Å². The van der Waals surface area contributed by atoms with E-state index in [1.807, 2.05) is 45.4 Å². The fraction of sp³-hybridized carbons (Fsp3) is 0.450. The van der Waals surface area contributed by atoms with Crippen LogP contribution in [0.2, 0.25) is 0 Å². The van der Waals surface area contributed by atoms with E-state index in [2.05, 4.69) is 20.6 Å². The summed E-state index contributed by atoms with van der Waals surface area (Å²) in [7, 11) is 1.88. The Morgan fingerprint density at radius 3 is 2.58 bits per heavy atom. The summed E-state index contributed by atoms with van der Waals surface area (Å²) in [5.41, 5.74) is 3.02. The SMILES string of the molecule is CCOC(=O)c1c(NC(=O)CSc2nnc(-c3cc(C)n(C)n3)n2CC)sc(C)c1C. The second kappa shape index (κ2) is 9.65. The molecule has 1 N–H and O–H groups in total. The average Bonchev–Trinajstić information content (AvgIpc) is 3.36. The van der Waals surface area contributed by atoms with E-state index in [1.165, 1.54) is 23.1 Å². The van der Waals surface area contributed by atoms with Gasteiger partial charge in [0.25, 0.3) is 0 Å². The molecule has 166 valence electrons. The predicted molar refractivity (Wildman–Crippen MR) is 122 cm³/mol. The number of hydrogen-bond donors (Lipinski definition) is 1. The molecule has 0 aliphatic carbocycles. The van der Waals surface area contributed by atoms with Gasteiger partial charge < -0.3 is 14.6 Å². The van der Waals surface area contributed by atoms with Gasteiger partial charge in [0, 0.05) is 24.2 Å². The first kappa shape index (κ1) is 23.0. The van der Waals surface area contributed by atoms with Crippen LogP contribution in [0.25, 0.3) is 11.5 Å². The van der Waals surface area contributed by atoms with Gasteiger partial charge in [-0.2, -0.15) is 5.10 Å². The van der Waals surface area contributed by atoms with Crippen molar-refractivity contribution in [2.24, 2.45) is 7.05 Å². The minimum atomic E-state index is -0.423. The largest absolute Gasteiger partial charge is 0.462 e. The quantitative estimate of drug-likeness (QED) is 0.403. The van der Waals surface area contributed by atoms with Gasteiger partial charge >= 0.3 is 5.97 Å². The second-order valence-corrected chi connectivity index (χ2v) is 9.06. The molecule has 9 nitrogen and oxygen atoms in total. The fourth-order valence-corrected chi connectivity index (χ4v) is 4.86. The molecule has 0 saturated heterocycles. The molecule has 11 heteroatoms. The highest BCUT2D eigenvalue weighted by Gasteiger charge is 2.23. The lowest BCUT2D eigenvalue weighted by Gasteiger charge is -2.08. The molecule has 0 spiro atoms. The van der Waals surface area contributed by atoms with Gasteiger partial charge in [0.05, 0.1) is 17.9 Å². The van der Waals surface area contributed by atoms with Crippen LogP contribution in [0, 0.1) is 20.8 Å². The van der Waals surface area contributed by atoms with Crippen molar-refractivity contribution >= 4 is 40.0 Å². The number of thiophene rings is 1. The van der Waals surface area contributed by atoms with Crippen molar-refractivity contribution in [2.45, 2.75) is 46.3 Å². The number of carbonyl (C=O) groups excluding carboxylic acids is 2. The van der Waals surface area contributed by atoms with Crippen LogP contribution < -0.4 is 5.32 Å². The third-order valence-electron chi connectivity index (χ3n) is 4.83. The van der Waals surface area contributed by atoms with Crippen LogP contribution in [0.15, 0.2) is 11.2 Å². The van der Waals surface area contributed by atoms with Crippen molar-refractivity contribution < 1.29 is 14.3 Å². The molecule has 3 heterocycles. The Kier molecular flexibility index (Phi) is 7.16. The summed E-state index contributed by atoms with van der Waals surface area (Å²) in [5, 5.41) is 17.0. The van der Waals surface area contributed by atoms with Gasteiger partial charge in [-0.1, -0.05) is 11.8 Å². The molecule has 3 aromatic rings. The Balaban J connectivity index is 1.72. The minimum absolute atomic E-state index is 0.137. The smallest absolute Gasteiger partial charge is 0.341 e. The number of rotatable bonds is 8. The first-order valence-corrected chi connectivity index (χ1v) is 11.7. The van der Waals surface area contributed by atoms with Crippen molar-refractivity contribution in [1.82, 2.24) is 24.5 Å². The molecule has 0 bridgehead atoms. The van der Waals surface area contributed by atoms with E-state index in [0.717, 1.165) is 21.8 Å². The molecule has 0 unspecified atom stereocenters. The number of aryl methyl sites for hydroxylation is 3. The summed E-state index contributed by atoms with van der Waals surface area (Å²) >= 11 is 2.66. The number of aromatic nitrogens is 5. The van der Waals surface area contributed by atoms with E-state index in [-0.39, 0.29) is 18.3 Å². The third-order valence-corrected chi connectivity index (χ3v) is 6.92. The second-order valence-electron chi connectivity index (χ2n) is 6.89. The summed E-state index contributed by atoms with van der Waals surface area (Å²) in [5.74, 6) is 0.159. The summed E-state index contributed by atoms with van der Waals surface area (Å²) in [6.45, 7) is 10.4. The molecule has 0 saturated carbocycles. The van der Waals surface area contributed by atoms with Crippen LogP contribution in [0.1, 0.15) is 40.3 Å². The average molecular weight is 463 g/mol. The standard InChI is InChI=1S/C20H26N6O3S2/c1-7-26-17(14-9-11(3)25(6)24-14)22-23-20(26)30-10-15(27)21-18-16(19(28)29-8-2)12(4)13(5)31-18/h9H,7-8,10H2,1-6H3,(H,21,27). The number of nitrogens with one attached hydrogen (secondary N) is 1. The Bertz CT molecular complexity index is 1100. The highest BCUT2D eigenvalue weighted by atomic mass is 32.2. The number of nitrogens with zero attached hydrogens (tertiary/aromatic N) is 5. The lowest BCUT2D eigenvalue weighted by atomic mass is 10.1. The third kappa shape index (κ3) is 4.82. The number of carbonyl (C=O) groups is 2. The maximum atomic E-state index is 12.6. The summed E-state index contributed by atoms with van der Waals surface area (Å²) in [6.07, 6.45) is 0. The number of hydrogen-bond acceptors (Lipinski definition) is 8. The summed E-state index contributed by atoms with van der Waals surface area (Å²) < 4.78 is 8.86. The Hall–Kier alpha value is -2.66. The number of ether oxygens (including phenoxy) is 1. The zero-order valence-electron chi connectivity index (χ0n) is 18.5. The van der Waals surface area contributed by atoms with Crippen LogP contribution in [0.4, 0.5) is 5.00 Å². The van der Waals surface area contributed by atoms with Crippen LogP contribution in [0.5, 0.6) is 0 Å². The van der Waals surface area contributed by atoms with Crippen molar-refractivity contribution in [2.75, 3.05) is 17.7 Å². The van der Waals surface area contributed by atoms with Gasteiger partial charge in [-0.3, -0.25) is 9.48 Å². The van der Waals surface area contributed by atoms with Gasteiger partial charge in [-0.15, -0.1) is 21.5 Å². The molecule has 1 amide bonds. The molecule has 0 fully saturated rings. The van der Waals surface area contributed by atoms with E-state index in [9.17, 15) is 9.59 Å². The number of anilines is 1. The molecular formula is C20H26N6O3S2.